The summed E-state index contributed by atoms with van der Waals surface area (Å²) in [5.74, 6) is 1.03. The largest absolute Gasteiger partial charge is 0.310 e. The lowest BCUT2D eigenvalue weighted by atomic mass is 10.2. The van der Waals surface area contributed by atoms with E-state index in [1.165, 1.54) is 0 Å². The van der Waals surface area contributed by atoms with Crippen molar-refractivity contribution in [3.63, 3.8) is 0 Å². The van der Waals surface area contributed by atoms with E-state index in [-0.39, 0.29) is 11.5 Å². The third-order valence-electron chi connectivity index (χ3n) is 2.09. The van der Waals surface area contributed by atoms with Crippen LogP contribution in [0.4, 0.5) is 0 Å². The third-order valence-corrected chi connectivity index (χ3v) is 3.04. The molecule has 0 saturated heterocycles. The van der Waals surface area contributed by atoms with Gasteiger partial charge in [-0.15, -0.1) is 11.3 Å². The quantitative estimate of drug-likeness (QED) is 0.827. The van der Waals surface area contributed by atoms with E-state index in [1.807, 2.05) is 40.7 Å². The van der Waals surface area contributed by atoms with Gasteiger partial charge in [0.2, 0.25) is 0 Å². The Labute approximate surface area is 99.5 Å². The highest BCUT2D eigenvalue weighted by atomic mass is 32.1. The maximum Gasteiger partial charge on any atom is 0.259 e. The Hall–Kier alpha value is -1.16. The maximum atomic E-state index is 11.6. The highest BCUT2D eigenvalue weighted by molar-refractivity contribution is 7.18. The number of rotatable bonds is 1. The first-order valence-electron chi connectivity index (χ1n) is 5.58. The molecule has 0 aliphatic carbocycles. The fourth-order valence-electron chi connectivity index (χ4n) is 1.34. The second kappa shape index (κ2) is 5.25. The predicted octanol–water partition coefficient (Wildman–Crippen LogP) is 3.44. The second-order valence-electron chi connectivity index (χ2n) is 3.68. The summed E-state index contributed by atoms with van der Waals surface area (Å²) < 4.78 is 0. The molecule has 16 heavy (non-hydrogen) atoms. The molecule has 0 radical (unpaired) electrons. The molecule has 0 saturated carbocycles. The average molecular weight is 238 g/mol. The van der Waals surface area contributed by atoms with Crippen LogP contribution in [0, 0.1) is 6.92 Å². The molecule has 3 nitrogen and oxygen atoms in total. The van der Waals surface area contributed by atoms with Gasteiger partial charge in [0.1, 0.15) is 10.7 Å². The van der Waals surface area contributed by atoms with Gasteiger partial charge in [-0.25, -0.2) is 4.98 Å². The molecule has 4 heteroatoms. The molecule has 0 bridgehead atoms. The van der Waals surface area contributed by atoms with Crippen molar-refractivity contribution >= 4 is 21.6 Å². The average Bonchev–Trinajstić information content (AvgIpc) is 2.62. The number of thiophene rings is 1. The van der Waals surface area contributed by atoms with Crippen molar-refractivity contribution in [3.8, 4) is 0 Å². The summed E-state index contributed by atoms with van der Waals surface area (Å²) in [6, 6.07) is 1.88. The lowest BCUT2D eigenvalue weighted by Crippen LogP contribution is -2.11. The Morgan fingerprint density at radius 2 is 2.00 bits per heavy atom. The van der Waals surface area contributed by atoms with Crippen LogP contribution in [0.2, 0.25) is 0 Å². The van der Waals surface area contributed by atoms with Crippen LogP contribution in [0.15, 0.2) is 10.9 Å². The van der Waals surface area contributed by atoms with Gasteiger partial charge in [0.05, 0.1) is 5.39 Å². The maximum absolute atomic E-state index is 11.6. The van der Waals surface area contributed by atoms with E-state index in [1.54, 1.807) is 11.3 Å². The van der Waals surface area contributed by atoms with Gasteiger partial charge in [-0.1, -0.05) is 27.7 Å². The number of aryl methyl sites for hydroxylation is 1. The zero-order valence-corrected chi connectivity index (χ0v) is 11.2. The molecule has 0 aliphatic heterocycles. The van der Waals surface area contributed by atoms with Gasteiger partial charge in [-0.05, 0) is 13.0 Å². The molecule has 0 amide bonds. The van der Waals surface area contributed by atoms with Crippen molar-refractivity contribution < 1.29 is 0 Å². The molecule has 0 aromatic carbocycles. The number of hydrogen-bond acceptors (Lipinski definition) is 3. The summed E-state index contributed by atoms with van der Waals surface area (Å²) in [5, 5.41) is 0.705. The van der Waals surface area contributed by atoms with Gasteiger partial charge in [0.25, 0.3) is 5.56 Å². The summed E-state index contributed by atoms with van der Waals surface area (Å²) in [5.41, 5.74) is -0.0250. The van der Waals surface area contributed by atoms with Crippen LogP contribution in [0.25, 0.3) is 10.2 Å². The molecule has 0 aliphatic rings. The number of nitrogens with one attached hydrogen (secondary N) is 1. The van der Waals surface area contributed by atoms with Crippen LogP contribution in [0.3, 0.4) is 0 Å². The van der Waals surface area contributed by atoms with Gasteiger partial charge in [-0.3, -0.25) is 4.79 Å². The first-order valence-corrected chi connectivity index (χ1v) is 6.40. The van der Waals surface area contributed by atoms with Crippen molar-refractivity contribution in [3.05, 3.63) is 27.1 Å². The highest BCUT2D eigenvalue weighted by Crippen LogP contribution is 2.21. The molecule has 2 aromatic rings. The minimum atomic E-state index is -0.0250. The zero-order chi connectivity index (χ0) is 12.3. The van der Waals surface area contributed by atoms with E-state index in [2.05, 4.69) is 9.97 Å². The molecule has 2 rings (SSSR count). The lowest BCUT2D eigenvalue weighted by Gasteiger charge is -2.02. The fourth-order valence-corrected chi connectivity index (χ4v) is 2.23. The van der Waals surface area contributed by atoms with E-state index in [4.69, 9.17) is 0 Å². The van der Waals surface area contributed by atoms with Crippen molar-refractivity contribution in [2.24, 2.45) is 0 Å². The normalized spacial score (nSPS) is 10.4. The van der Waals surface area contributed by atoms with Crippen LogP contribution in [-0.4, -0.2) is 9.97 Å². The standard InChI is InChI=1S/C10H12N2OS.C2H6/c1-5(2)8-11-9(13)7-4-6(3)14-10(7)12-8;1-2/h4-5H,1-3H3,(H,11,12,13);1-2H3. The summed E-state index contributed by atoms with van der Waals surface area (Å²) in [6.45, 7) is 10.0. The SMILES string of the molecule is CC.Cc1cc2c(=O)[nH]c(C(C)C)nc2s1. The number of H-pyrrole nitrogens is 1. The van der Waals surface area contributed by atoms with Gasteiger partial charge < -0.3 is 4.98 Å². The number of fused-ring (bicyclic) bond motifs is 1. The number of aromatic amines is 1. The molecule has 2 heterocycles. The van der Waals surface area contributed by atoms with Gasteiger partial charge in [0.15, 0.2) is 0 Å². The van der Waals surface area contributed by atoms with Crippen LogP contribution in [-0.2, 0) is 0 Å². The van der Waals surface area contributed by atoms with Crippen molar-refractivity contribution in [2.75, 3.05) is 0 Å². The Balaban J connectivity index is 0.000000606. The molecular formula is C12H18N2OS. The number of aromatic nitrogens is 2. The van der Waals surface area contributed by atoms with Crippen LogP contribution in [0.1, 0.15) is 44.3 Å². The Kier molecular flexibility index (Phi) is 4.24. The minimum absolute atomic E-state index is 0.0250. The molecule has 0 spiro atoms. The van der Waals surface area contributed by atoms with Gasteiger partial charge in [-0.2, -0.15) is 0 Å². The Morgan fingerprint density at radius 3 is 2.56 bits per heavy atom. The molecule has 88 valence electrons. The first kappa shape index (κ1) is 12.9. The van der Waals surface area contributed by atoms with E-state index in [9.17, 15) is 4.79 Å². The monoisotopic (exact) mass is 238 g/mol. The molecular weight excluding hydrogens is 220 g/mol. The summed E-state index contributed by atoms with van der Waals surface area (Å²) in [4.78, 5) is 20.8. The molecule has 0 unspecified atom stereocenters. The van der Waals surface area contributed by atoms with Crippen molar-refractivity contribution in [2.45, 2.75) is 40.5 Å². The summed E-state index contributed by atoms with van der Waals surface area (Å²) in [7, 11) is 0. The van der Waals surface area contributed by atoms with Gasteiger partial charge >= 0.3 is 0 Å². The van der Waals surface area contributed by atoms with Crippen LogP contribution in [0.5, 0.6) is 0 Å². The minimum Gasteiger partial charge on any atom is -0.310 e. The predicted molar refractivity (Wildman–Crippen MR) is 70.4 cm³/mol. The van der Waals surface area contributed by atoms with Crippen LogP contribution >= 0.6 is 11.3 Å². The van der Waals surface area contributed by atoms with Crippen LogP contribution < -0.4 is 5.56 Å². The smallest absolute Gasteiger partial charge is 0.259 e. The van der Waals surface area contributed by atoms with Gasteiger partial charge in [0, 0.05) is 10.8 Å². The first-order chi connectivity index (χ1) is 7.58. The highest BCUT2D eigenvalue weighted by Gasteiger charge is 2.08. The lowest BCUT2D eigenvalue weighted by molar-refractivity contribution is 0.778. The summed E-state index contributed by atoms with van der Waals surface area (Å²) >= 11 is 1.57. The second-order valence-corrected chi connectivity index (χ2v) is 4.92. The number of hydrogen-bond donors (Lipinski definition) is 1. The number of nitrogens with zero attached hydrogens (tertiary/aromatic N) is 1. The Bertz CT molecular complexity index is 525. The molecule has 1 N–H and O–H groups in total. The van der Waals surface area contributed by atoms with Crippen molar-refractivity contribution in [1.29, 1.82) is 0 Å². The van der Waals surface area contributed by atoms with Crippen molar-refractivity contribution in [1.82, 2.24) is 9.97 Å². The third kappa shape index (κ3) is 2.50. The molecule has 2 aromatic heterocycles. The summed E-state index contributed by atoms with van der Waals surface area (Å²) in [6.07, 6.45) is 0. The Morgan fingerprint density at radius 1 is 1.38 bits per heavy atom. The van der Waals surface area contributed by atoms with E-state index in [0.29, 0.717) is 5.39 Å². The topological polar surface area (TPSA) is 45.8 Å². The molecule has 0 fully saturated rings. The fraction of sp³-hybridized carbons (Fsp3) is 0.500. The van der Waals surface area contributed by atoms with E-state index < -0.39 is 0 Å². The van der Waals surface area contributed by atoms with E-state index >= 15 is 0 Å². The zero-order valence-electron chi connectivity index (χ0n) is 10.4. The van der Waals surface area contributed by atoms with E-state index in [0.717, 1.165) is 15.5 Å². The molecule has 0 atom stereocenters.